The molecule has 0 unspecified atom stereocenters. The second-order valence-electron chi connectivity index (χ2n) is 3.33. The lowest BCUT2D eigenvalue weighted by molar-refractivity contribution is -0.384. The first-order valence-electron chi connectivity index (χ1n) is 4.58. The van der Waals surface area contributed by atoms with Crippen molar-refractivity contribution in [2.24, 2.45) is 0 Å². The Morgan fingerprint density at radius 1 is 1.00 bits per heavy atom. The lowest BCUT2D eigenvalue weighted by atomic mass is 10.3. The predicted molar refractivity (Wildman–Crippen MR) is 72.5 cm³/mol. The third-order valence-electron chi connectivity index (χ3n) is 2.22. The van der Waals surface area contributed by atoms with E-state index in [1.54, 1.807) is 12.1 Å². The summed E-state index contributed by atoms with van der Waals surface area (Å²) in [6.07, 6.45) is 0. The van der Waals surface area contributed by atoms with Gasteiger partial charge in [0.05, 0.1) is 20.7 Å². The normalized spacial score (nSPS) is 10.7. The van der Waals surface area contributed by atoms with E-state index in [0.29, 0.717) is 16.0 Å². The van der Waals surface area contributed by atoms with Crippen molar-refractivity contribution in [2.75, 3.05) is 0 Å². The molecule has 0 N–H and O–H groups in total. The molecule has 2 aromatic rings. The Hall–Kier alpha value is -0.940. The van der Waals surface area contributed by atoms with E-state index in [-0.39, 0.29) is 15.7 Å². The molecule has 94 valence electrons. The summed E-state index contributed by atoms with van der Waals surface area (Å²) >= 11 is 23.9. The summed E-state index contributed by atoms with van der Waals surface area (Å²) in [5.41, 5.74) is 0.108. The van der Waals surface area contributed by atoms with Crippen LogP contribution in [0, 0.1) is 10.1 Å². The molecule has 0 aliphatic heterocycles. The molecule has 2 rings (SSSR count). The summed E-state index contributed by atoms with van der Waals surface area (Å²) in [6.45, 7) is 0. The number of nitro benzene ring substituents is 1. The molecule has 8 heteroatoms. The Balaban J connectivity index is 2.70. The fourth-order valence-corrected chi connectivity index (χ4v) is 2.64. The van der Waals surface area contributed by atoms with Gasteiger partial charge in [-0.3, -0.25) is 14.7 Å². The fraction of sp³-hybridized carbons (Fsp3) is 0. The first-order chi connectivity index (χ1) is 8.41. The standard InChI is InChI=1S/C10H4Cl4N2O2/c11-6-3-5(16(17)18)4-7(12)10(6)15-8(13)1-2-9(15)14/h1-4H. The van der Waals surface area contributed by atoms with Crippen molar-refractivity contribution in [3.8, 4) is 5.69 Å². The topological polar surface area (TPSA) is 48.1 Å². The van der Waals surface area contributed by atoms with Gasteiger partial charge < -0.3 is 0 Å². The van der Waals surface area contributed by atoms with Crippen molar-refractivity contribution in [1.82, 2.24) is 4.57 Å². The average molecular weight is 326 g/mol. The van der Waals surface area contributed by atoms with E-state index >= 15 is 0 Å². The van der Waals surface area contributed by atoms with Crippen LogP contribution < -0.4 is 0 Å². The van der Waals surface area contributed by atoms with Gasteiger partial charge in [0.25, 0.3) is 5.69 Å². The Kier molecular flexibility index (Phi) is 3.73. The summed E-state index contributed by atoms with van der Waals surface area (Å²) in [5, 5.41) is 11.5. The molecule has 0 atom stereocenters. The van der Waals surface area contributed by atoms with Gasteiger partial charge in [0.1, 0.15) is 10.3 Å². The van der Waals surface area contributed by atoms with Crippen LogP contribution in [0.3, 0.4) is 0 Å². The molecule has 0 bridgehead atoms. The van der Waals surface area contributed by atoms with Gasteiger partial charge in [0.15, 0.2) is 0 Å². The van der Waals surface area contributed by atoms with E-state index in [4.69, 9.17) is 46.4 Å². The number of nitrogens with zero attached hydrogens (tertiary/aromatic N) is 2. The highest BCUT2D eigenvalue weighted by Gasteiger charge is 2.18. The van der Waals surface area contributed by atoms with Crippen molar-refractivity contribution < 1.29 is 4.92 Å². The van der Waals surface area contributed by atoms with Crippen LogP contribution >= 0.6 is 46.4 Å². The lowest BCUT2D eigenvalue weighted by Gasteiger charge is -2.11. The largest absolute Gasteiger partial charge is 0.288 e. The lowest BCUT2D eigenvalue weighted by Crippen LogP contribution is -1.98. The summed E-state index contributed by atoms with van der Waals surface area (Å²) in [5.74, 6) is 0. The number of rotatable bonds is 2. The van der Waals surface area contributed by atoms with Gasteiger partial charge in [-0.05, 0) is 12.1 Å². The van der Waals surface area contributed by atoms with Crippen LogP contribution in [0.5, 0.6) is 0 Å². The molecule has 0 aliphatic carbocycles. The zero-order valence-electron chi connectivity index (χ0n) is 8.53. The molecule has 0 saturated carbocycles. The smallest absolute Gasteiger partial charge is 0.272 e. The Bertz CT molecular complexity index is 596. The van der Waals surface area contributed by atoms with Gasteiger partial charge in [-0.15, -0.1) is 0 Å². The minimum atomic E-state index is -0.583. The summed E-state index contributed by atoms with van der Waals surface area (Å²) in [4.78, 5) is 10.1. The number of nitro groups is 1. The van der Waals surface area contributed by atoms with Gasteiger partial charge in [0.2, 0.25) is 0 Å². The molecular formula is C10H4Cl4N2O2. The molecule has 18 heavy (non-hydrogen) atoms. The molecule has 0 spiro atoms. The van der Waals surface area contributed by atoms with Crippen LogP contribution in [0.4, 0.5) is 5.69 Å². The molecule has 0 fully saturated rings. The van der Waals surface area contributed by atoms with Crippen LogP contribution in [-0.2, 0) is 0 Å². The molecular weight excluding hydrogens is 322 g/mol. The highest BCUT2D eigenvalue weighted by molar-refractivity contribution is 6.39. The van der Waals surface area contributed by atoms with Crippen LogP contribution in [-0.4, -0.2) is 9.49 Å². The molecule has 0 aliphatic rings. The maximum Gasteiger partial charge on any atom is 0.272 e. The number of benzene rings is 1. The third kappa shape index (κ3) is 2.29. The van der Waals surface area contributed by atoms with Crippen molar-refractivity contribution in [3.63, 3.8) is 0 Å². The molecule has 1 aromatic heterocycles. The van der Waals surface area contributed by atoms with Gasteiger partial charge in [-0.1, -0.05) is 46.4 Å². The van der Waals surface area contributed by atoms with Crippen LogP contribution in [0.2, 0.25) is 20.4 Å². The first kappa shape index (κ1) is 13.5. The monoisotopic (exact) mass is 324 g/mol. The molecule has 0 saturated heterocycles. The van der Waals surface area contributed by atoms with E-state index < -0.39 is 4.92 Å². The molecule has 0 radical (unpaired) electrons. The maximum atomic E-state index is 10.7. The summed E-state index contributed by atoms with van der Waals surface area (Å²) < 4.78 is 1.40. The van der Waals surface area contributed by atoms with Crippen molar-refractivity contribution in [2.45, 2.75) is 0 Å². The third-order valence-corrected chi connectivity index (χ3v) is 3.39. The molecule has 1 heterocycles. The zero-order valence-corrected chi connectivity index (χ0v) is 11.6. The van der Waals surface area contributed by atoms with E-state index in [1.165, 1.54) is 16.7 Å². The van der Waals surface area contributed by atoms with Gasteiger partial charge in [-0.25, -0.2) is 0 Å². The highest BCUT2D eigenvalue weighted by Crippen LogP contribution is 2.37. The quantitative estimate of drug-likeness (QED) is 0.576. The minimum Gasteiger partial charge on any atom is -0.288 e. The van der Waals surface area contributed by atoms with Gasteiger partial charge in [-0.2, -0.15) is 0 Å². The highest BCUT2D eigenvalue weighted by atomic mass is 35.5. The number of hydrogen-bond donors (Lipinski definition) is 0. The number of halogens is 4. The second-order valence-corrected chi connectivity index (χ2v) is 4.92. The Labute approximate surface area is 122 Å². The van der Waals surface area contributed by atoms with Crippen molar-refractivity contribution in [3.05, 3.63) is 54.7 Å². The van der Waals surface area contributed by atoms with Crippen LogP contribution in [0.1, 0.15) is 0 Å². The average Bonchev–Trinajstić information content (AvgIpc) is 2.59. The zero-order chi connectivity index (χ0) is 13.4. The molecule has 0 amide bonds. The van der Waals surface area contributed by atoms with Crippen LogP contribution in [0.25, 0.3) is 5.69 Å². The second kappa shape index (κ2) is 4.97. The van der Waals surface area contributed by atoms with Crippen molar-refractivity contribution in [1.29, 1.82) is 0 Å². The Morgan fingerprint density at radius 3 is 1.83 bits per heavy atom. The van der Waals surface area contributed by atoms with Gasteiger partial charge >= 0.3 is 0 Å². The van der Waals surface area contributed by atoms with Gasteiger partial charge in [0, 0.05) is 12.1 Å². The van der Waals surface area contributed by atoms with E-state index in [2.05, 4.69) is 0 Å². The predicted octanol–water partition coefficient (Wildman–Crippen LogP) is 5.00. The van der Waals surface area contributed by atoms with E-state index in [1.807, 2.05) is 0 Å². The fourth-order valence-electron chi connectivity index (χ4n) is 1.47. The number of aromatic nitrogens is 1. The van der Waals surface area contributed by atoms with E-state index in [9.17, 15) is 10.1 Å². The SMILES string of the molecule is O=[N+]([O-])c1cc(Cl)c(-n2c(Cl)ccc2Cl)c(Cl)c1. The van der Waals surface area contributed by atoms with Crippen LogP contribution in [0.15, 0.2) is 24.3 Å². The molecule has 1 aromatic carbocycles. The number of non-ortho nitro benzene ring substituents is 1. The van der Waals surface area contributed by atoms with E-state index in [0.717, 1.165) is 0 Å². The maximum absolute atomic E-state index is 10.7. The molecule has 4 nitrogen and oxygen atoms in total. The van der Waals surface area contributed by atoms with Crippen molar-refractivity contribution >= 4 is 52.1 Å². The minimum absolute atomic E-state index is 0.0919. The first-order valence-corrected chi connectivity index (χ1v) is 6.09. The summed E-state index contributed by atoms with van der Waals surface area (Å²) in [7, 11) is 0. The Morgan fingerprint density at radius 2 is 1.44 bits per heavy atom. The summed E-state index contributed by atoms with van der Waals surface area (Å²) in [6, 6.07) is 5.51. The number of hydrogen-bond acceptors (Lipinski definition) is 2.